The molecule has 3 aromatic rings. The molecule has 0 spiro atoms. The summed E-state index contributed by atoms with van der Waals surface area (Å²) in [5, 5.41) is 10.8. The number of benzene rings is 2. The number of hydrogen-bond acceptors (Lipinski definition) is 3. The highest BCUT2D eigenvalue weighted by molar-refractivity contribution is 6.30. The lowest BCUT2D eigenvalue weighted by Gasteiger charge is -2.20. The fourth-order valence-electron chi connectivity index (χ4n) is 2.56. The molecule has 0 radical (unpaired) electrons. The summed E-state index contributed by atoms with van der Waals surface area (Å²) in [7, 11) is 0. The van der Waals surface area contributed by atoms with Gasteiger partial charge in [0, 0.05) is 23.0 Å². The maximum atomic E-state index is 14.0. The van der Waals surface area contributed by atoms with E-state index in [1.807, 2.05) is 24.3 Å². The van der Waals surface area contributed by atoms with Crippen molar-refractivity contribution < 1.29 is 9.50 Å². The number of rotatable bonds is 4. The van der Waals surface area contributed by atoms with Crippen LogP contribution in [0.1, 0.15) is 23.3 Å². The van der Waals surface area contributed by atoms with Crippen molar-refractivity contribution in [1.29, 1.82) is 0 Å². The largest absolute Gasteiger partial charge is 0.386 e. The molecule has 0 amide bonds. The van der Waals surface area contributed by atoms with Gasteiger partial charge < -0.3 is 10.8 Å². The Balaban J connectivity index is 1.83. The maximum absolute atomic E-state index is 14.0. The second-order valence-electron chi connectivity index (χ2n) is 5.50. The fourth-order valence-corrected chi connectivity index (χ4v) is 2.71. The van der Waals surface area contributed by atoms with Gasteiger partial charge in [-0.15, -0.1) is 0 Å². The number of aliphatic hydroxyl groups excluding tert-OH is 1. The number of pyridine rings is 1. The van der Waals surface area contributed by atoms with E-state index in [2.05, 4.69) is 4.98 Å². The van der Waals surface area contributed by atoms with E-state index in [4.69, 9.17) is 17.3 Å². The van der Waals surface area contributed by atoms with Crippen molar-refractivity contribution >= 4 is 11.6 Å². The van der Waals surface area contributed by atoms with E-state index in [0.717, 1.165) is 11.1 Å². The summed E-state index contributed by atoms with van der Waals surface area (Å²) in [6, 6.07) is 14.5. The van der Waals surface area contributed by atoms with E-state index < -0.39 is 18.0 Å². The minimum absolute atomic E-state index is 0.225. The highest BCUT2D eigenvalue weighted by atomic mass is 35.5. The summed E-state index contributed by atoms with van der Waals surface area (Å²) in [5.74, 6) is -0.527. The number of nitrogens with zero attached hydrogens (tertiary/aromatic N) is 1. The summed E-state index contributed by atoms with van der Waals surface area (Å²) in [6.45, 7) is 0. The van der Waals surface area contributed by atoms with E-state index >= 15 is 0 Å². The highest BCUT2D eigenvalue weighted by Gasteiger charge is 2.21. The zero-order valence-corrected chi connectivity index (χ0v) is 13.5. The Morgan fingerprint density at radius 3 is 2.42 bits per heavy atom. The van der Waals surface area contributed by atoms with E-state index in [9.17, 15) is 9.50 Å². The van der Waals surface area contributed by atoms with Crippen LogP contribution in [0.2, 0.25) is 5.02 Å². The van der Waals surface area contributed by atoms with Gasteiger partial charge in [0.25, 0.3) is 0 Å². The summed E-state index contributed by atoms with van der Waals surface area (Å²) in [4.78, 5) is 4.08. The van der Waals surface area contributed by atoms with Gasteiger partial charge in [-0.05, 0) is 34.9 Å². The molecule has 3 rings (SSSR count). The molecule has 0 aliphatic carbocycles. The minimum atomic E-state index is -1.02. The fraction of sp³-hybridized carbons (Fsp3) is 0.105. The molecule has 1 heterocycles. The van der Waals surface area contributed by atoms with Crippen LogP contribution in [0.5, 0.6) is 0 Å². The number of hydrogen-bond donors (Lipinski definition) is 2. The summed E-state index contributed by atoms with van der Waals surface area (Å²) >= 11 is 5.75. The van der Waals surface area contributed by atoms with Gasteiger partial charge in [-0.25, -0.2) is 4.39 Å². The Bertz CT molecular complexity index is 825. The van der Waals surface area contributed by atoms with Crippen molar-refractivity contribution in [2.24, 2.45) is 5.73 Å². The predicted molar refractivity (Wildman–Crippen MR) is 93.0 cm³/mol. The standard InChI is InChI=1S/C19H16ClFN2O/c20-15-7-8-16(17(21)10-15)18(22)19(24)13-5-3-12(4-6-13)14-2-1-9-23-11-14/h1-11,18-19,24H,22H2. The first-order valence-electron chi connectivity index (χ1n) is 7.45. The lowest BCUT2D eigenvalue weighted by atomic mass is 9.95. The van der Waals surface area contributed by atoms with Gasteiger partial charge in [0.05, 0.1) is 12.1 Å². The third-order valence-corrected chi connectivity index (χ3v) is 4.14. The molecule has 0 bridgehead atoms. The number of halogens is 2. The zero-order chi connectivity index (χ0) is 17.1. The van der Waals surface area contributed by atoms with Crippen molar-refractivity contribution in [2.75, 3.05) is 0 Å². The molecule has 2 atom stereocenters. The molecular weight excluding hydrogens is 327 g/mol. The molecule has 0 aliphatic heterocycles. The van der Waals surface area contributed by atoms with Crippen molar-refractivity contribution in [1.82, 2.24) is 4.98 Å². The molecule has 2 unspecified atom stereocenters. The Labute approximate surface area is 144 Å². The zero-order valence-electron chi connectivity index (χ0n) is 12.7. The number of aliphatic hydroxyl groups is 1. The van der Waals surface area contributed by atoms with E-state index in [-0.39, 0.29) is 5.56 Å². The summed E-state index contributed by atoms with van der Waals surface area (Å²) in [5.41, 5.74) is 8.82. The third-order valence-electron chi connectivity index (χ3n) is 3.91. The van der Waals surface area contributed by atoms with E-state index in [0.29, 0.717) is 10.6 Å². The van der Waals surface area contributed by atoms with Crippen molar-refractivity contribution in [2.45, 2.75) is 12.1 Å². The van der Waals surface area contributed by atoms with Gasteiger partial charge in [-0.1, -0.05) is 48.0 Å². The lowest BCUT2D eigenvalue weighted by molar-refractivity contribution is 0.145. The van der Waals surface area contributed by atoms with Gasteiger partial charge in [0.2, 0.25) is 0 Å². The number of nitrogens with two attached hydrogens (primary N) is 1. The van der Waals surface area contributed by atoms with E-state index in [1.165, 1.54) is 12.1 Å². The Hall–Kier alpha value is -2.27. The Kier molecular flexibility index (Phi) is 4.90. The van der Waals surface area contributed by atoms with Crippen LogP contribution >= 0.6 is 11.6 Å². The monoisotopic (exact) mass is 342 g/mol. The smallest absolute Gasteiger partial charge is 0.129 e. The second-order valence-corrected chi connectivity index (χ2v) is 5.94. The van der Waals surface area contributed by atoms with Crippen molar-refractivity contribution in [3.63, 3.8) is 0 Å². The molecule has 0 saturated heterocycles. The Morgan fingerprint density at radius 1 is 1.04 bits per heavy atom. The second kappa shape index (κ2) is 7.09. The normalized spacial score (nSPS) is 13.5. The Morgan fingerprint density at radius 2 is 1.79 bits per heavy atom. The molecule has 3 nitrogen and oxygen atoms in total. The van der Waals surface area contributed by atoms with E-state index in [1.54, 1.807) is 30.6 Å². The van der Waals surface area contributed by atoms with Gasteiger partial charge in [0.15, 0.2) is 0 Å². The average Bonchev–Trinajstić information content (AvgIpc) is 2.61. The molecule has 5 heteroatoms. The summed E-state index contributed by atoms with van der Waals surface area (Å²) in [6.07, 6.45) is 2.45. The van der Waals surface area contributed by atoms with Gasteiger partial charge in [0.1, 0.15) is 5.82 Å². The summed E-state index contributed by atoms with van der Waals surface area (Å²) < 4.78 is 14.0. The first-order valence-corrected chi connectivity index (χ1v) is 7.83. The molecule has 0 saturated carbocycles. The molecule has 0 aliphatic rings. The molecule has 122 valence electrons. The minimum Gasteiger partial charge on any atom is -0.386 e. The van der Waals surface area contributed by atoms with Gasteiger partial charge >= 0.3 is 0 Å². The SMILES string of the molecule is NC(c1ccc(Cl)cc1F)C(O)c1ccc(-c2cccnc2)cc1. The average molecular weight is 343 g/mol. The van der Waals surface area contributed by atoms with Gasteiger partial charge in [-0.3, -0.25) is 4.98 Å². The van der Waals surface area contributed by atoms with Crippen LogP contribution in [0, 0.1) is 5.82 Å². The van der Waals surface area contributed by atoms with Crippen LogP contribution in [0.4, 0.5) is 4.39 Å². The third kappa shape index (κ3) is 3.46. The molecule has 1 aromatic heterocycles. The van der Waals surface area contributed by atoms with Crippen molar-refractivity contribution in [3.05, 3.63) is 89.0 Å². The molecule has 3 N–H and O–H groups in total. The topological polar surface area (TPSA) is 59.1 Å². The highest BCUT2D eigenvalue weighted by Crippen LogP contribution is 2.30. The van der Waals surface area contributed by atoms with Crippen LogP contribution < -0.4 is 5.73 Å². The lowest BCUT2D eigenvalue weighted by Crippen LogP contribution is -2.20. The van der Waals surface area contributed by atoms with Crippen molar-refractivity contribution in [3.8, 4) is 11.1 Å². The predicted octanol–water partition coefficient (Wildman–Crippen LogP) is 4.27. The van der Waals surface area contributed by atoms with Gasteiger partial charge in [-0.2, -0.15) is 0 Å². The quantitative estimate of drug-likeness (QED) is 0.744. The number of aromatic nitrogens is 1. The maximum Gasteiger partial charge on any atom is 0.129 e. The molecular formula is C19H16ClFN2O. The molecule has 24 heavy (non-hydrogen) atoms. The van der Waals surface area contributed by atoms with Crippen LogP contribution in [0.3, 0.4) is 0 Å². The van der Waals surface area contributed by atoms with Crippen LogP contribution in [0.25, 0.3) is 11.1 Å². The molecule has 2 aromatic carbocycles. The molecule has 0 fully saturated rings. The first-order chi connectivity index (χ1) is 11.6. The van der Waals surface area contributed by atoms with Crippen LogP contribution in [-0.2, 0) is 0 Å². The van der Waals surface area contributed by atoms with Crippen LogP contribution in [-0.4, -0.2) is 10.1 Å². The first kappa shape index (κ1) is 16.6. The van der Waals surface area contributed by atoms with Crippen LogP contribution in [0.15, 0.2) is 67.0 Å².